The van der Waals surface area contributed by atoms with Gasteiger partial charge in [0.2, 0.25) is 0 Å². The molecule has 0 fully saturated rings. The number of carbonyl (C=O) groups excluding carboxylic acids is 1. The maximum absolute atomic E-state index is 13.1. The highest BCUT2D eigenvalue weighted by atomic mass is 16.3. The number of nitrogens with zero attached hydrogens (tertiary/aromatic N) is 2. The lowest BCUT2D eigenvalue weighted by molar-refractivity contribution is 0.0679. The van der Waals surface area contributed by atoms with E-state index in [1.165, 1.54) is 0 Å². The molecule has 4 nitrogen and oxygen atoms in total. The number of furan rings is 1. The second-order valence-corrected chi connectivity index (χ2v) is 6.34. The summed E-state index contributed by atoms with van der Waals surface area (Å²) in [5.74, 6) is 0.688. The summed E-state index contributed by atoms with van der Waals surface area (Å²) in [5.41, 5.74) is 2.11. The Labute approximate surface area is 152 Å². The second kappa shape index (κ2) is 6.64. The average Bonchev–Trinajstić information content (AvgIpc) is 3.12. The Bertz CT molecular complexity index is 1050. The number of para-hydroxylation sites is 2. The quantitative estimate of drug-likeness (QED) is 0.511. The summed E-state index contributed by atoms with van der Waals surface area (Å²) in [4.78, 5) is 19.4. The van der Waals surface area contributed by atoms with E-state index in [4.69, 9.17) is 4.42 Å². The number of carbonyl (C=O) groups is 1. The molecule has 0 aliphatic rings. The Balaban J connectivity index is 1.67. The molecule has 1 atom stereocenters. The molecule has 4 aromatic rings. The Morgan fingerprint density at radius 1 is 1.04 bits per heavy atom. The molecular weight excluding hydrogens is 324 g/mol. The molecule has 0 aliphatic heterocycles. The van der Waals surface area contributed by atoms with E-state index < -0.39 is 0 Å². The zero-order valence-electron chi connectivity index (χ0n) is 14.8. The van der Waals surface area contributed by atoms with Gasteiger partial charge < -0.3 is 9.32 Å². The summed E-state index contributed by atoms with van der Waals surface area (Å²) in [6.45, 7) is 4.53. The molecule has 0 bridgehead atoms. The summed E-state index contributed by atoms with van der Waals surface area (Å²) in [6, 6.07) is 21.2. The van der Waals surface area contributed by atoms with Crippen LogP contribution in [0, 0.1) is 0 Å². The van der Waals surface area contributed by atoms with Crippen molar-refractivity contribution in [2.45, 2.75) is 19.9 Å². The van der Waals surface area contributed by atoms with Gasteiger partial charge in [-0.3, -0.25) is 4.79 Å². The molecule has 0 radical (unpaired) electrons. The lowest BCUT2D eigenvalue weighted by Gasteiger charge is -2.26. The van der Waals surface area contributed by atoms with Gasteiger partial charge in [-0.25, -0.2) is 4.98 Å². The largest absolute Gasteiger partial charge is 0.459 e. The van der Waals surface area contributed by atoms with Crippen LogP contribution >= 0.6 is 0 Å². The number of amides is 1. The molecule has 0 spiro atoms. The maximum Gasteiger partial charge on any atom is 0.273 e. The van der Waals surface area contributed by atoms with Gasteiger partial charge in [-0.2, -0.15) is 0 Å². The molecule has 4 heteroatoms. The lowest BCUT2D eigenvalue weighted by atomic mass is 10.1. The summed E-state index contributed by atoms with van der Waals surface area (Å²) < 4.78 is 5.95. The van der Waals surface area contributed by atoms with Crippen molar-refractivity contribution >= 4 is 27.8 Å². The van der Waals surface area contributed by atoms with Crippen molar-refractivity contribution in [3.8, 4) is 0 Å². The molecule has 2 aromatic carbocycles. The first-order valence-electron chi connectivity index (χ1n) is 8.82. The van der Waals surface area contributed by atoms with E-state index in [0.717, 1.165) is 27.6 Å². The highest BCUT2D eigenvalue weighted by Gasteiger charge is 2.25. The molecule has 2 heterocycles. The summed E-state index contributed by atoms with van der Waals surface area (Å²) >= 11 is 0. The van der Waals surface area contributed by atoms with Crippen LogP contribution in [0.4, 0.5) is 0 Å². The molecule has 2 aromatic heterocycles. The standard InChI is InChI=1S/C22H20N2O2/c1-3-24(15(2)21-14-17-9-5-7-11-20(17)26-21)22(25)19-13-12-16-8-4-6-10-18(16)23-19/h4-15H,3H2,1-2H3/t15-/m1/s1. The molecule has 26 heavy (non-hydrogen) atoms. The van der Waals surface area contributed by atoms with Gasteiger partial charge in [-0.05, 0) is 38.1 Å². The van der Waals surface area contributed by atoms with Gasteiger partial charge in [0, 0.05) is 17.3 Å². The molecule has 0 N–H and O–H groups in total. The molecule has 0 unspecified atom stereocenters. The van der Waals surface area contributed by atoms with Crippen molar-refractivity contribution in [3.05, 3.63) is 78.2 Å². The first-order chi connectivity index (χ1) is 12.7. The van der Waals surface area contributed by atoms with Crippen molar-refractivity contribution in [1.82, 2.24) is 9.88 Å². The van der Waals surface area contributed by atoms with Crippen molar-refractivity contribution in [2.75, 3.05) is 6.54 Å². The first-order valence-corrected chi connectivity index (χ1v) is 8.82. The van der Waals surface area contributed by atoms with Gasteiger partial charge in [0.1, 0.15) is 17.0 Å². The van der Waals surface area contributed by atoms with Crippen LogP contribution in [0.15, 0.2) is 71.1 Å². The highest BCUT2D eigenvalue weighted by Crippen LogP contribution is 2.28. The van der Waals surface area contributed by atoms with Crippen LogP contribution in [0.25, 0.3) is 21.9 Å². The number of fused-ring (bicyclic) bond motifs is 2. The monoisotopic (exact) mass is 344 g/mol. The van der Waals surface area contributed by atoms with Crippen molar-refractivity contribution in [2.24, 2.45) is 0 Å². The van der Waals surface area contributed by atoms with Crippen LogP contribution in [0.2, 0.25) is 0 Å². The van der Waals surface area contributed by atoms with Gasteiger partial charge in [0.15, 0.2) is 0 Å². The van der Waals surface area contributed by atoms with Gasteiger partial charge >= 0.3 is 0 Å². The Morgan fingerprint density at radius 3 is 2.54 bits per heavy atom. The zero-order chi connectivity index (χ0) is 18.1. The minimum Gasteiger partial charge on any atom is -0.459 e. The fourth-order valence-electron chi connectivity index (χ4n) is 3.29. The Kier molecular flexibility index (Phi) is 4.17. The normalized spacial score (nSPS) is 12.4. The predicted molar refractivity (Wildman–Crippen MR) is 103 cm³/mol. The average molecular weight is 344 g/mol. The van der Waals surface area contributed by atoms with E-state index in [2.05, 4.69) is 4.98 Å². The Hall–Kier alpha value is -3.14. The molecule has 0 saturated heterocycles. The smallest absolute Gasteiger partial charge is 0.273 e. The lowest BCUT2D eigenvalue weighted by Crippen LogP contribution is -2.33. The van der Waals surface area contributed by atoms with Crippen molar-refractivity contribution in [3.63, 3.8) is 0 Å². The van der Waals surface area contributed by atoms with E-state index in [1.54, 1.807) is 11.0 Å². The van der Waals surface area contributed by atoms with Crippen LogP contribution in [0.5, 0.6) is 0 Å². The van der Waals surface area contributed by atoms with Crippen molar-refractivity contribution < 1.29 is 9.21 Å². The third kappa shape index (κ3) is 2.84. The summed E-state index contributed by atoms with van der Waals surface area (Å²) in [7, 11) is 0. The molecule has 0 aliphatic carbocycles. The summed E-state index contributed by atoms with van der Waals surface area (Å²) in [6.07, 6.45) is 0. The van der Waals surface area contributed by atoms with E-state index in [9.17, 15) is 4.79 Å². The van der Waals surface area contributed by atoms with Gasteiger partial charge in [-0.1, -0.05) is 42.5 Å². The minimum absolute atomic E-state index is 0.0915. The number of pyridine rings is 1. The van der Waals surface area contributed by atoms with Crippen LogP contribution < -0.4 is 0 Å². The molecule has 130 valence electrons. The minimum atomic E-state index is -0.173. The third-order valence-corrected chi connectivity index (χ3v) is 4.74. The predicted octanol–water partition coefficient (Wildman–Crippen LogP) is 5.20. The number of hydrogen-bond donors (Lipinski definition) is 0. The fourth-order valence-corrected chi connectivity index (χ4v) is 3.29. The number of hydrogen-bond acceptors (Lipinski definition) is 3. The topological polar surface area (TPSA) is 46.3 Å². The van der Waals surface area contributed by atoms with E-state index in [0.29, 0.717) is 12.2 Å². The fraction of sp³-hybridized carbons (Fsp3) is 0.182. The van der Waals surface area contributed by atoms with E-state index in [1.807, 2.05) is 74.5 Å². The number of benzene rings is 2. The van der Waals surface area contributed by atoms with E-state index >= 15 is 0 Å². The SMILES string of the molecule is CCN(C(=O)c1ccc2ccccc2n1)[C@H](C)c1cc2ccccc2o1. The van der Waals surface area contributed by atoms with Crippen LogP contribution in [0.3, 0.4) is 0 Å². The summed E-state index contributed by atoms with van der Waals surface area (Å²) in [5, 5.41) is 2.07. The van der Waals surface area contributed by atoms with Crippen molar-refractivity contribution in [1.29, 1.82) is 0 Å². The molecular formula is C22H20N2O2. The number of aromatic nitrogens is 1. The third-order valence-electron chi connectivity index (χ3n) is 4.74. The van der Waals surface area contributed by atoms with E-state index in [-0.39, 0.29) is 11.9 Å². The second-order valence-electron chi connectivity index (χ2n) is 6.34. The first kappa shape index (κ1) is 16.3. The molecule has 0 saturated carbocycles. The molecule has 4 rings (SSSR count). The Morgan fingerprint density at radius 2 is 1.77 bits per heavy atom. The maximum atomic E-state index is 13.1. The molecule has 1 amide bonds. The van der Waals surface area contributed by atoms with Gasteiger partial charge in [0.25, 0.3) is 5.91 Å². The van der Waals surface area contributed by atoms with Crippen LogP contribution in [-0.4, -0.2) is 22.3 Å². The van der Waals surface area contributed by atoms with Crippen LogP contribution in [-0.2, 0) is 0 Å². The number of rotatable bonds is 4. The highest BCUT2D eigenvalue weighted by molar-refractivity contribution is 5.95. The van der Waals surface area contributed by atoms with Crippen LogP contribution in [0.1, 0.15) is 36.1 Å². The van der Waals surface area contributed by atoms with Gasteiger partial charge in [-0.15, -0.1) is 0 Å². The van der Waals surface area contributed by atoms with Gasteiger partial charge in [0.05, 0.1) is 11.6 Å². The zero-order valence-corrected chi connectivity index (χ0v) is 14.8.